The van der Waals surface area contributed by atoms with E-state index in [0.29, 0.717) is 28.8 Å². The molecular formula is C18H24ClN5O2S. The number of aryl methyl sites for hydroxylation is 2. The first-order chi connectivity index (χ1) is 12.8. The van der Waals surface area contributed by atoms with Crippen molar-refractivity contribution < 1.29 is 8.42 Å². The molecule has 0 unspecified atom stereocenters. The fourth-order valence-electron chi connectivity index (χ4n) is 3.07. The molecule has 0 spiro atoms. The zero-order chi connectivity index (χ0) is 19.4. The smallest absolute Gasteiger partial charge is 0.240 e. The number of hydrogen-bond donors (Lipinski definition) is 2. The summed E-state index contributed by atoms with van der Waals surface area (Å²) in [4.78, 5) is 11.3. The monoisotopic (exact) mass is 409 g/mol. The molecule has 1 aliphatic heterocycles. The Labute approximate surface area is 165 Å². The van der Waals surface area contributed by atoms with E-state index in [1.165, 1.54) is 18.9 Å². The molecule has 1 saturated heterocycles. The quantitative estimate of drug-likeness (QED) is 0.684. The van der Waals surface area contributed by atoms with E-state index in [4.69, 9.17) is 11.6 Å². The van der Waals surface area contributed by atoms with Gasteiger partial charge in [-0.2, -0.15) is 0 Å². The summed E-state index contributed by atoms with van der Waals surface area (Å²) in [6, 6.07) is 6.74. The lowest BCUT2D eigenvalue weighted by molar-refractivity contribution is 0.582. The van der Waals surface area contributed by atoms with Crippen LogP contribution in [0.4, 0.5) is 11.6 Å². The first-order valence-electron chi connectivity index (χ1n) is 8.95. The third-order valence-corrected chi connectivity index (χ3v) is 6.26. The minimum atomic E-state index is -3.61. The van der Waals surface area contributed by atoms with Gasteiger partial charge in [0.05, 0.1) is 4.90 Å². The Bertz CT molecular complexity index is 914. The Kier molecular flexibility index (Phi) is 6.18. The second-order valence-electron chi connectivity index (χ2n) is 6.59. The summed E-state index contributed by atoms with van der Waals surface area (Å²) in [6.45, 7) is 6.26. The van der Waals surface area contributed by atoms with E-state index in [1.807, 2.05) is 13.0 Å². The normalized spacial score (nSPS) is 14.6. The largest absolute Gasteiger partial charge is 0.369 e. The summed E-state index contributed by atoms with van der Waals surface area (Å²) >= 11 is 5.92. The first-order valence-corrected chi connectivity index (χ1v) is 10.8. The lowest BCUT2D eigenvalue weighted by Gasteiger charge is -2.18. The minimum Gasteiger partial charge on any atom is -0.369 e. The molecule has 1 aliphatic rings. The molecule has 1 aromatic carbocycles. The van der Waals surface area contributed by atoms with Gasteiger partial charge in [-0.05, 0) is 44.4 Å². The van der Waals surface area contributed by atoms with Gasteiger partial charge in [0.15, 0.2) is 0 Å². The molecule has 0 amide bonds. The van der Waals surface area contributed by atoms with Crippen molar-refractivity contribution in [1.82, 2.24) is 14.7 Å². The fraction of sp³-hybridized carbons (Fsp3) is 0.444. The van der Waals surface area contributed by atoms with Crippen LogP contribution in [0, 0.1) is 13.8 Å². The molecule has 0 saturated carbocycles. The average Bonchev–Trinajstić information content (AvgIpc) is 3.15. The predicted molar refractivity (Wildman–Crippen MR) is 108 cm³/mol. The second-order valence-corrected chi connectivity index (χ2v) is 8.76. The number of benzene rings is 1. The van der Waals surface area contributed by atoms with E-state index in [9.17, 15) is 8.42 Å². The van der Waals surface area contributed by atoms with Crippen LogP contribution in [0.5, 0.6) is 0 Å². The minimum absolute atomic E-state index is 0.198. The standard InChI is InChI=1S/C18H24ClN5O2S/c1-13-5-6-15(19)11-16(13)27(25,26)21-8-7-20-17-12-18(23-14(2)22-17)24-9-3-4-10-24/h5-6,11-12,21H,3-4,7-10H2,1-2H3,(H,20,22,23). The maximum atomic E-state index is 12.5. The number of sulfonamides is 1. The first kappa shape index (κ1) is 19.9. The van der Waals surface area contributed by atoms with Crippen LogP contribution in [-0.2, 0) is 10.0 Å². The molecule has 1 fully saturated rings. The summed E-state index contributed by atoms with van der Waals surface area (Å²) in [5.41, 5.74) is 0.654. The molecule has 2 N–H and O–H groups in total. The summed E-state index contributed by atoms with van der Waals surface area (Å²) in [5.74, 6) is 2.30. The highest BCUT2D eigenvalue weighted by molar-refractivity contribution is 7.89. The Hall–Kier alpha value is -1.90. The van der Waals surface area contributed by atoms with Crippen molar-refractivity contribution in [3.63, 3.8) is 0 Å². The van der Waals surface area contributed by atoms with Crippen LogP contribution in [0.1, 0.15) is 24.2 Å². The van der Waals surface area contributed by atoms with Gasteiger partial charge >= 0.3 is 0 Å². The number of nitrogens with zero attached hydrogens (tertiary/aromatic N) is 3. The maximum Gasteiger partial charge on any atom is 0.240 e. The van der Waals surface area contributed by atoms with Gasteiger partial charge in [0.25, 0.3) is 0 Å². The highest BCUT2D eigenvalue weighted by atomic mass is 35.5. The molecule has 0 radical (unpaired) electrons. The van der Waals surface area contributed by atoms with E-state index in [1.54, 1.807) is 19.1 Å². The van der Waals surface area contributed by atoms with E-state index in [2.05, 4.69) is 24.9 Å². The van der Waals surface area contributed by atoms with Gasteiger partial charge in [0.2, 0.25) is 10.0 Å². The molecule has 3 rings (SSSR count). The third-order valence-electron chi connectivity index (χ3n) is 4.42. The van der Waals surface area contributed by atoms with Gasteiger partial charge in [-0.15, -0.1) is 0 Å². The van der Waals surface area contributed by atoms with Crippen molar-refractivity contribution in [2.75, 3.05) is 36.4 Å². The van der Waals surface area contributed by atoms with Gasteiger partial charge < -0.3 is 10.2 Å². The van der Waals surface area contributed by atoms with Crippen LogP contribution in [-0.4, -0.2) is 44.6 Å². The number of hydrogen-bond acceptors (Lipinski definition) is 6. The Morgan fingerprint density at radius 2 is 1.85 bits per heavy atom. The summed E-state index contributed by atoms with van der Waals surface area (Å²) in [7, 11) is -3.61. The molecule has 1 aromatic heterocycles. The van der Waals surface area contributed by atoms with Crippen LogP contribution < -0.4 is 14.9 Å². The van der Waals surface area contributed by atoms with Crippen LogP contribution in [0.15, 0.2) is 29.2 Å². The van der Waals surface area contributed by atoms with Crippen molar-refractivity contribution in [1.29, 1.82) is 0 Å². The zero-order valence-electron chi connectivity index (χ0n) is 15.5. The van der Waals surface area contributed by atoms with Crippen LogP contribution >= 0.6 is 11.6 Å². The Morgan fingerprint density at radius 3 is 2.59 bits per heavy atom. The van der Waals surface area contributed by atoms with Gasteiger partial charge in [-0.3, -0.25) is 0 Å². The molecular weight excluding hydrogens is 386 g/mol. The van der Waals surface area contributed by atoms with Gasteiger partial charge in [-0.25, -0.2) is 23.1 Å². The number of aromatic nitrogens is 2. The second kappa shape index (κ2) is 8.41. The number of halogens is 1. The Balaban J connectivity index is 1.59. The van der Waals surface area contributed by atoms with Crippen molar-refractivity contribution in [2.24, 2.45) is 0 Å². The predicted octanol–water partition coefficient (Wildman–Crippen LogP) is 2.74. The van der Waals surface area contributed by atoms with E-state index in [0.717, 1.165) is 18.9 Å². The van der Waals surface area contributed by atoms with Gasteiger partial charge in [-0.1, -0.05) is 17.7 Å². The lowest BCUT2D eigenvalue weighted by atomic mass is 10.2. The van der Waals surface area contributed by atoms with E-state index in [-0.39, 0.29) is 11.4 Å². The highest BCUT2D eigenvalue weighted by Gasteiger charge is 2.17. The number of rotatable bonds is 7. The molecule has 146 valence electrons. The van der Waals surface area contributed by atoms with Gasteiger partial charge in [0, 0.05) is 37.3 Å². The van der Waals surface area contributed by atoms with Crippen molar-refractivity contribution in [3.05, 3.63) is 40.7 Å². The average molecular weight is 410 g/mol. The Morgan fingerprint density at radius 1 is 1.11 bits per heavy atom. The highest BCUT2D eigenvalue weighted by Crippen LogP contribution is 2.21. The topological polar surface area (TPSA) is 87.2 Å². The summed E-state index contributed by atoms with van der Waals surface area (Å²) < 4.78 is 27.5. The summed E-state index contributed by atoms with van der Waals surface area (Å²) in [6.07, 6.45) is 2.35. The van der Waals surface area contributed by atoms with E-state index >= 15 is 0 Å². The van der Waals surface area contributed by atoms with Crippen molar-refractivity contribution in [3.8, 4) is 0 Å². The molecule has 0 atom stereocenters. The molecule has 2 aromatic rings. The number of nitrogens with one attached hydrogen (secondary N) is 2. The summed E-state index contributed by atoms with van der Waals surface area (Å²) in [5, 5.41) is 3.56. The van der Waals surface area contributed by atoms with Gasteiger partial charge in [0.1, 0.15) is 17.5 Å². The van der Waals surface area contributed by atoms with E-state index < -0.39 is 10.0 Å². The van der Waals surface area contributed by atoms with Crippen LogP contribution in [0.25, 0.3) is 0 Å². The fourth-order valence-corrected chi connectivity index (χ4v) is 4.61. The molecule has 2 heterocycles. The zero-order valence-corrected chi connectivity index (χ0v) is 17.1. The third kappa shape index (κ3) is 5.09. The lowest BCUT2D eigenvalue weighted by Crippen LogP contribution is -2.29. The molecule has 27 heavy (non-hydrogen) atoms. The van der Waals surface area contributed by atoms with Crippen molar-refractivity contribution in [2.45, 2.75) is 31.6 Å². The van der Waals surface area contributed by atoms with Crippen LogP contribution in [0.3, 0.4) is 0 Å². The number of anilines is 2. The molecule has 7 nitrogen and oxygen atoms in total. The molecule has 9 heteroatoms. The van der Waals surface area contributed by atoms with Crippen molar-refractivity contribution >= 4 is 33.3 Å². The maximum absolute atomic E-state index is 12.5. The molecule has 0 bridgehead atoms. The van der Waals surface area contributed by atoms with Crippen LogP contribution in [0.2, 0.25) is 5.02 Å². The molecule has 0 aliphatic carbocycles. The SMILES string of the molecule is Cc1nc(NCCNS(=O)(=O)c2cc(Cl)ccc2C)cc(N2CCCC2)n1.